The smallest absolute Gasteiger partial charge is 0.498 e. The molecule has 0 radical (unpaired) electrons. The summed E-state index contributed by atoms with van der Waals surface area (Å²) in [7, 11) is 5.03. The van der Waals surface area contributed by atoms with Gasteiger partial charge in [0.2, 0.25) is 0 Å². The van der Waals surface area contributed by atoms with Gasteiger partial charge >= 0.3 is 5.69 Å². The lowest BCUT2D eigenvalue weighted by Gasteiger charge is -2.05. The van der Waals surface area contributed by atoms with Crippen molar-refractivity contribution in [1.82, 2.24) is 4.57 Å². The third-order valence-electron chi connectivity index (χ3n) is 3.50. The SMILES string of the molecule is COc1cc(O)ccc1/C=C/c1cc(C)n(C)c(=O)[n+]1C. The summed E-state index contributed by atoms with van der Waals surface area (Å²) >= 11 is 0. The fraction of sp³-hybridized carbons (Fsp3) is 0.250. The first-order valence-electron chi connectivity index (χ1n) is 6.56. The Morgan fingerprint density at radius 3 is 2.67 bits per heavy atom. The van der Waals surface area contributed by atoms with Crippen LogP contribution in [0.25, 0.3) is 12.2 Å². The molecule has 0 atom stereocenters. The highest BCUT2D eigenvalue weighted by molar-refractivity contribution is 5.71. The van der Waals surface area contributed by atoms with E-state index >= 15 is 0 Å². The molecule has 2 aromatic rings. The second-order valence-electron chi connectivity index (χ2n) is 4.87. The number of ether oxygens (including phenoxy) is 1. The van der Waals surface area contributed by atoms with Gasteiger partial charge in [-0.3, -0.25) is 0 Å². The average Bonchev–Trinajstić information content (AvgIpc) is 2.48. The molecule has 1 heterocycles. The van der Waals surface area contributed by atoms with Gasteiger partial charge in [0, 0.05) is 17.7 Å². The molecule has 0 spiro atoms. The van der Waals surface area contributed by atoms with Crippen LogP contribution >= 0.6 is 0 Å². The summed E-state index contributed by atoms with van der Waals surface area (Å²) in [5.41, 5.74) is 2.43. The highest BCUT2D eigenvalue weighted by atomic mass is 16.5. The highest BCUT2D eigenvalue weighted by Gasteiger charge is 2.11. The maximum Gasteiger partial charge on any atom is 0.498 e. The summed E-state index contributed by atoms with van der Waals surface area (Å²) in [5, 5.41) is 9.45. The van der Waals surface area contributed by atoms with E-state index in [-0.39, 0.29) is 11.4 Å². The van der Waals surface area contributed by atoms with E-state index in [2.05, 4.69) is 0 Å². The van der Waals surface area contributed by atoms with Crippen LogP contribution in [0.5, 0.6) is 11.5 Å². The van der Waals surface area contributed by atoms with E-state index in [4.69, 9.17) is 4.74 Å². The van der Waals surface area contributed by atoms with Crippen LogP contribution in [0.15, 0.2) is 29.1 Å². The molecule has 0 bridgehead atoms. The molecule has 5 nitrogen and oxygen atoms in total. The summed E-state index contributed by atoms with van der Waals surface area (Å²) in [6, 6.07) is 6.84. The lowest BCUT2D eigenvalue weighted by molar-refractivity contribution is -0.692. The molecule has 5 heteroatoms. The van der Waals surface area contributed by atoms with Crippen LogP contribution in [0.2, 0.25) is 0 Å². The lowest BCUT2D eigenvalue weighted by atomic mass is 10.1. The van der Waals surface area contributed by atoms with Crippen LogP contribution in [-0.4, -0.2) is 16.8 Å². The zero-order valence-electron chi connectivity index (χ0n) is 12.6. The van der Waals surface area contributed by atoms with Crippen molar-refractivity contribution in [1.29, 1.82) is 0 Å². The van der Waals surface area contributed by atoms with Crippen LogP contribution < -0.4 is 15.0 Å². The molecular formula is C16H19N2O3+. The van der Waals surface area contributed by atoms with Crippen molar-refractivity contribution < 1.29 is 14.4 Å². The number of aryl methyl sites for hydroxylation is 1. The first-order chi connectivity index (χ1) is 9.93. The molecule has 0 saturated heterocycles. The molecule has 2 rings (SSSR count). The Morgan fingerprint density at radius 1 is 1.29 bits per heavy atom. The van der Waals surface area contributed by atoms with Gasteiger partial charge in [-0.15, -0.1) is 0 Å². The van der Waals surface area contributed by atoms with Crippen molar-refractivity contribution in [3.05, 3.63) is 51.7 Å². The van der Waals surface area contributed by atoms with Crippen LogP contribution in [0, 0.1) is 6.92 Å². The molecule has 0 unspecified atom stereocenters. The predicted molar refractivity (Wildman–Crippen MR) is 81.2 cm³/mol. The summed E-state index contributed by atoms with van der Waals surface area (Å²) in [6.45, 7) is 1.89. The van der Waals surface area contributed by atoms with E-state index in [1.165, 1.54) is 0 Å². The number of hydrogen-bond donors (Lipinski definition) is 1. The van der Waals surface area contributed by atoms with E-state index < -0.39 is 0 Å². The standard InChI is InChI=1S/C16H18N2O3/c1-11-9-13(18(3)16(20)17(11)2)7-5-12-6-8-14(19)10-15(12)21-4/h5-10H,1-4H3/p+1. The zero-order chi connectivity index (χ0) is 15.6. The van der Waals surface area contributed by atoms with E-state index in [1.54, 1.807) is 48.5 Å². The van der Waals surface area contributed by atoms with Crippen molar-refractivity contribution in [3.63, 3.8) is 0 Å². The highest BCUT2D eigenvalue weighted by Crippen LogP contribution is 2.25. The van der Waals surface area contributed by atoms with Gasteiger partial charge in [0.25, 0.3) is 0 Å². The van der Waals surface area contributed by atoms with Gasteiger partial charge < -0.3 is 9.84 Å². The average molecular weight is 287 g/mol. The summed E-state index contributed by atoms with van der Waals surface area (Å²) in [5.74, 6) is 0.730. The Bertz CT molecular complexity index is 761. The van der Waals surface area contributed by atoms with Gasteiger partial charge in [-0.2, -0.15) is 13.9 Å². The Hall–Kier alpha value is -2.56. The second-order valence-corrected chi connectivity index (χ2v) is 4.87. The molecule has 0 aliphatic carbocycles. The minimum Gasteiger partial charge on any atom is -0.508 e. The molecule has 0 aliphatic rings. The third-order valence-corrected chi connectivity index (χ3v) is 3.50. The zero-order valence-corrected chi connectivity index (χ0v) is 12.6. The number of rotatable bonds is 3. The number of benzene rings is 1. The molecule has 1 aromatic carbocycles. The number of methoxy groups -OCH3 is 1. The number of phenols is 1. The quantitative estimate of drug-likeness (QED) is 0.868. The maximum atomic E-state index is 12.0. The van der Waals surface area contributed by atoms with E-state index in [1.807, 2.05) is 25.1 Å². The van der Waals surface area contributed by atoms with Crippen LogP contribution in [0.4, 0.5) is 0 Å². The van der Waals surface area contributed by atoms with Crippen molar-refractivity contribution in [3.8, 4) is 11.5 Å². The van der Waals surface area contributed by atoms with Crippen molar-refractivity contribution in [2.75, 3.05) is 7.11 Å². The Kier molecular flexibility index (Phi) is 4.12. The molecule has 0 aliphatic heterocycles. The molecule has 0 saturated carbocycles. The topological polar surface area (TPSA) is 55.3 Å². The van der Waals surface area contributed by atoms with Gasteiger partial charge in [-0.05, 0) is 31.2 Å². The third kappa shape index (κ3) is 2.97. The second kappa shape index (κ2) is 5.83. The number of nitrogens with zero attached hydrogens (tertiary/aromatic N) is 2. The van der Waals surface area contributed by atoms with Gasteiger partial charge in [0.1, 0.15) is 22.9 Å². The van der Waals surface area contributed by atoms with Crippen LogP contribution in [0.3, 0.4) is 0 Å². The Balaban J connectivity index is 2.45. The van der Waals surface area contributed by atoms with Crippen LogP contribution in [-0.2, 0) is 14.1 Å². The molecule has 1 N–H and O–H groups in total. The van der Waals surface area contributed by atoms with Crippen molar-refractivity contribution >= 4 is 12.2 Å². The molecule has 1 aromatic heterocycles. The number of aromatic hydroxyl groups is 1. The monoisotopic (exact) mass is 287 g/mol. The first-order valence-corrected chi connectivity index (χ1v) is 6.56. The maximum absolute atomic E-state index is 12.0. The van der Waals surface area contributed by atoms with Crippen molar-refractivity contribution in [2.24, 2.45) is 14.1 Å². The predicted octanol–water partition coefficient (Wildman–Crippen LogP) is 1.40. The fourth-order valence-corrected chi connectivity index (χ4v) is 2.07. The first kappa shape index (κ1) is 14.8. The molecular weight excluding hydrogens is 268 g/mol. The minimum absolute atomic E-state index is 0.0766. The van der Waals surface area contributed by atoms with Gasteiger partial charge in [-0.25, -0.2) is 0 Å². The van der Waals surface area contributed by atoms with E-state index in [0.29, 0.717) is 5.75 Å². The summed E-state index contributed by atoms with van der Waals surface area (Å²) in [6.07, 6.45) is 3.70. The number of hydrogen-bond acceptors (Lipinski definition) is 3. The molecule has 21 heavy (non-hydrogen) atoms. The minimum atomic E-state index is -0.0766. The fourth-order valence-electron chi connectivity index (χ4n) is 2.07. The number of phenolic OH excluding ortho intramolecular Hbond substituents is 1. The number of aromatic nitrogens is 2. The summed E-state index contributed by atoms with van der Waals surface area (Å²) < 4.78 is 8.40. The molecule has 0 fully saturated rings. The van der Waals surface area contributed by atoms with E-state index in [0.717, 1.165) is 17.0 Å². The largest absolute Gasteiger partial charge is 0.508 e. The van der Waals surface area contributed by atoms with Crippen molar-refractivity contribution in [2.45, 2.75) is 6.92 Å². The van der Waals surface area contributed by atoms with E-state index in [9.17, 15) is 9.90 Å². The van der Waals surface area contributed by atoms with Crippen LogP contribution in [0.1, 0.15) is 17.0 Å². The Labute approximate surface area is 123 Å². The molecule has 0 amide bonds. The lowest BCUT2D eigenvalue weighted by Crippen LogP contribution is -2.53. The van der Waals surface area contributed by atoms with Gasteiger partial charge in [0.05, 0.1) is 21.2 Å². The van der Waals surface area contributed by atoms with Gasteiger partial charge in [-0.1, -0.05) is 0 Å². The van der Waals surface area contributed by atoms with Gasteiger partial charge in [0.15, 0.2) is 0 Å². The molecule has 110 valence electrons. The Morgan fingerprint density at radius 2 is 2.00 bits per heavy atom. The normalized spacial score (nSPS) is 11.0. The summed E-state index contributed by atoms with van der Waals surface area (Å²) in [4.78, 5) is 12.0.